The minimum absolute atomic E-state index is 0.256. The summed E-state index contributed by atoms with van der Waals surface area (Å²) in [6.07, 6.45) is 2.52. The van der Waals surface area contributed by atoms with Crippen molar-refractivity contribution >= 4 is 11.9 Å². The van der Waals surface area contributed by atoms with Gasteiger partial charge in [-0.1, -0.05) is 13.3 Å². The van der Waals surface area contributed by atoms with Gasteiger partial charge >= 0.3 is 5.97 Å². The first kappa shape index (κ1) is 13.0. The zero-order chi connectivity index (χ0) is 12.3. The average Bonchev–Trinajstić information content (AvgIpc) is 2.62. The Kier molecular flexibility index (Phi) is 3.91. The van der Waals surface area contributed by atoms with E-state index in [1.54, 1.807) is 6.92 Å². The lowest BCUT2D eigenvalue weighted by Crippen LogP contribution is -2.56. The van der Waals surface area contributed by atoms with Crippen LogP contribution in [-0.4, -0.2) is 40.0 Å². The van der Waals surface area contributed by atoms with Gasteiger partial charge in [-0.15, -0.1) is 0 Å². The van der Waals surface area contributed by atoms with Gasteiger partial charge in [0, 0.05) is 6.54 Å². The molecule has 3 N–H and O–H groups in total. The Balaban J connectivity index is 2.98. The van der Waals surface area contributed by atoms with Gasteiger partial charge in [-0.2, -0.15) is 0 Å². The molecule has 0 radical (unpaired) electrons. The molecule has 1 unspecified atom stereocenters. The second-order valence-corrected chi connectivity index (χ2v) is 4.47. The van der Waals surface area contributed by atoms with E-state index in [9.17, 15) is 14.7 Å². The average molecular weight is 228 g/mol. The van der Waals surface area contributed by atoms with Gasteiger partial charge in [-0.05, 0) is 26.2 Å². The number of carbonyl (C=O) groups excluding carboxylic acids is 1. The number of likely N-dealkylation sites (tertiary alicyclic amines) is 1. The van der Waals surface area contributed by atoms with E-state index in [0.717, 1.165) is 12.8 Å². The third-order valence-corrected chi connectivity index (χ3v) is 3.21. The summed E-state index contributed by atoms with van der Waals surface area (Å²) in [5, 5.41) is 9.36. The maximum atomic E-state index is 11.9. The van der Waals surface area contributed by atoms with Crippen LogP contribution in [-0.2, 0) is 9.59 Å². The number of carbonyl (C=O) groups is 2. The lowest BCUT2D eigenvalue weighted by molar-refractivity contribution is -0.157. The highest BCUT2D eigenvalue weighted by atomic mass is 16.4. The lowest BCUT2D eigenvalue weighted by Gasteiger charge is -2.35. The number of nitrogens with zero attached hydrogens (tertiary/aromatic N) is 1. The van der Waals surface area contributed by atoms with Crippen molar-refractivity contribution in [2.75, 3.05) is 6.54 Å². The lowest BCUT2D eigenvalue weighted by atomic mass is 9.90. The molecule has 1 saturated heterocycles. The van der Waals surface area contributed by atoms with Gasteiger partial charge in [0.05, 0.1) is 6.04 Å². The topological polar surface area (TPSA) is 83.6 Å². The molecule has 16 heavy (non-hydrogen) atoms. The Morgan fingerprint density at radius 1 is 1.56 bits per heavy atom. The summed E-state index contributed by atoms with van der Waals surface area (Å²) in [4.78, 5) is 24.8. The Bertz CT molecular complexity index is 291. The van der Waals surface area contributed by atoms with Crippen molar-refractivity contribution < 1.29 is 14.7 Å². The molecule has 1 heterocycles. The van der Waals surface area contributed by atoms with E-state index < -0.39 is 17.6 Å². The summed E-state index contributed by atoms with van der Waals surface area (Å²) in [5.41, 5.74) is 4.53. The molecule has 1 fully saturated rings. The highest BCUT2D eigenvalue weighted by Gasteiger charge is 2.49. The SMILES string of the molecule is CCCC1(C(=O)O)CCCN1C(=O)[C@H](C)N. The summed E-state index contributed by atoms with van der Waals surface area (Å²) in [5.74, 6) is -1.16. The molecule has 0 aromatic rings. The predicted octanol–water partition coefficient (Wildman–Crippen LogP) is 0.580. The van der Waals surface area contributed by atoms with Crippen LogP contribution in [0.1, 0.15) is 39.5 Å². The second-order valence-electron chi connectivity index (χ2n) is 4.47. The molecule has 5 heteroatoms. The highest BCUT2D eigenvalue weighted by molar-refractivity contribution is 5.90. The van der Waals surface area contributed by atoms with Crippen LogP contribution in [0.15, 0.2) is 0 Å². The molecule has 1 aliphatic rings. The van der Waals surface area contributed by atoms with Crippen molar-refractivity contribution in [3.05, 3.63) is 0 Å². The van der Waals surface area contributed by atoms with Crippen LogP contribution in [0.3, 0.4) is 0 Å². The third kappa shape index (κ3) is 2.04. The number of nitrogens with two attached hydrogens (primary N) is 1. The van der Waals surface area contributed by atoms with E-state index in [0.29, 0.717) is 19.4 Å². The van der Waals surface area contributed by atoms with Crippen LogP contribution < -0.4 is 5.73 Å². The molecule has 0 bridgehead atoms. The smallest absolute Gasteiger partial charge is 0.329 e. The molecule has 0 aromatic carbocycles. The standard InChI is InChI=1S/C11H20N2O3/c1-3-5-11(10(15)16)6-4-7-13(11)9(14)8(2)12/h8H,3-7,12H2,1-2H3,(H,15,16)/t8-,11?/m0/s1. The van der Waals surface area contributed by atoms with Gasteiger partial charge in [0.15, 0.2) is 0 Å². The van der Waals surface area contributed by atoms with Gasteiger partial charge in [-0.25, -0.2) is 4.79 Å². The Morgan fingerprint density at radius 3 is 2.62 bits per heavy atom. The first-order valence-corrected chi connectivity index (χ1v) is 5.76. The molecule has 0 aliphatic carbocycles. The summed E-state index contributed by atoms with van der Waals surface area (Å²) >= 11 is 0. The van der Waals surface area contributed by atoms with E-state index in [-0.39, 0.29) is 5.91 Å². The van der Waals surface area contributed by atoms with Crippen LogP contribution in [0.5, 0.6) is 0 Å². The fourth-order valence-corrected chi connectivity index (χ4v) is 2.45. The normalized spacial score (nSPS) is 26.8. The second kappa shape index (κ2) is 4.82. The molecule has 5 nitrogen and oxygen atoms in total. The van der Waals surface area contributed by atoms with Crippen molar-refractivity contribution in [3.8, 4) is 0 Å². The highest BCUT2D eigenvalue weighted by Crippen LogP contribution is 2.34. The molecule has 0 saturated carbocycles. The van der Waals surface area contributed by atoms with Crippen LogP contribution in [0.25, 0.3) is 0 Å². The van der Waals surface area contributed by atoms with Gasteiger partial charge in [0.1, 0.15) is 5.54 Å². The third-order valence-electron chi connectivity index (χ3n) is 3.21. The molecule has 0 aromatic heterocycles. The number of hydrogen-bond donors (Lipinski definition) is 2. The van der Waals surface area contributed by atoms with E-state index >= 15 is 0 Å². The van der Waals surface area contributed by atoms with E-state index in [1.165, 1.54) is 4.90 Å². The van der Waals surface area contributed by atoms with Gasteiger partial charge in [0.2, 0.25) is 5.91 Å². The molecule has 92 valence electrons. The van der Waals surface area contributed by atoms with Gasteiger partial charge in [0.25, 0.3) is 0 Å². The van der Waals surface area contributed by atoms with E-state index in [4.69, 9.17) is 5.73 Å². The number of aliphatic carboxylic acids is 1. The molecule has 0 spiro atoms. The van der Waals surface area contributed by atoms with Crippen molar-refractivity contribution in [1.82, 2.24) is 4.90 Å². The summed E-state index contributed by atoms with van der Waals surface area (Å²) in [6, 6.07) is -0.631. The molecule has 1 aliphatic heterocycles. The molecule has 2 atom stereocenters. The molecular formula is C11H20N2O3. The number of amides is 1. The summed E-state index contributed by atoms with van der Waals surface area (Å²) in [7, 11) is 0. The van der Waals surface area contributed by atoms with Gasteiger partial charge in [-0.3, -0.25) is 4.79 Å². The van der Waals surface area contributed by atoms with Crippen molar-refractivity contribution in [2.24, 2.45) is 5.73 Å². The monoisotopic (exact) mass is 228 g/mol. The van der Waals surface area contributed by atoms with Crippen molar-refractivity contribution in [3.63, 3.8) is 0 Å². The minimum Gasteiger partial charge on any atom is -0.479 e. The number of rotatable bonds is 4. The number of carboxylic acid groups (broad SMARTS) is 1. The molecule has 1 amide bonds. The zero-order valence-electron chi connectivity index (χ0n) is 9.90. The Labute approximate surface area is 95.6 Å². The maximum absolute atomic E-state index is 11.9. The first-order valence-electron chi connectivity index (χ1n) is 5.76. The van der Waals surface area contributed by atoms with Crippen molar-refractivity contribution in [2.45, 2.75) is 51.1 Å². The van der Waals surface area contributed by atoms with Crippen LogP contribution >= 0.6 is 0 Å². The van der Waals surface area contributed by atoms with Gasteiger partial charge < -0.3 is 15.7 Å². The maximum Gasteiger partial charge on any atom is 0.329 e. The molecule has 1 rings (SSSR count). The van der Waals surface area contributed by atoms with E-state index in [2.05, 4.69) is 0 Å². The predicted molar refractivity (Wildman–Crippen MR) is 59.9 cm³/mol. The minimum atomic E-state index is -1.01. The first-order chi connectivity index (χ1) is 7.45. The number of carboxylic acids is 1. The Morgan fingerprint density at radius 2 is 2.19 bits per heavy atom. The zero-order valence-corrected chi connectivity index (χ0v) is 9.90. The van der Waals surface area contributed by atoms with Crippen LogP contribution in [0.4, 0.5) is 0 Å². The summed E-state index contributed by atoms with van der Waals surface area (Å²) < 4.78 is 0. The number of hydrogen-bond acceptors (Lipinski definition) is 3. The molecular weight excluding hydrogens is 208 g/mol. The van der Waals surface area contributed by atoms with E-state index in [1.807, 2.05) is 6.92 Å². The largest absolute Gasteiger partial charge is 0.479 e. The summed E-state index contributed by atoms with van der Waals surface area (Å²) in [6.45, 7) is 4.03. The van der Waals surface area contributed by atoms with Crippen LogP contribution in [0, 0.1) is 0 Å². The quantitative estimate of drug-likeness (QED) is 0.737. The van der Waals surface area contributed by atoms with Crippen molar-refractivity contribution in [1.29, 1.82) is 0 Å². The fraction of sp³-hybridized carbons (Fsp3) is 0.818. The fourth-order valence-electron chi connectivity index (χ4n) is 2.45. The van der Waals surface area contributed by atoms with Crippen LogP contribution in [0.2, 0.25) is 0 Å². The Hall–Kier alpha value is -1.10.